The van der Waals surface area contributed by atoms with Crippen LogP contribution in [-0.4, -0.2) is 39.4 Å². The van der Waals surface area contributed by atoms with Gasteiger partial charge in [0.15, 0.2) is 11.5 Å². The summed E-state index contributed by atoms with van der Waals surface area (Å²) in [5, 5.41) is 0. The highest BCUT2D eigenvalue weighted by atomic mass is 16.6. The third-order valence-electron chi connectivity index (χ3n) is 4.96. The van der Waals surface area contributed by atoms with Gasteiger partial charge >= 0.3 is 11.9 Å². The first-order valence-electron chi connectivity index (χ1n) is 9.24. The zero-order valence-electron chi connectivity index (χ0n) is 16.8. The molecule has 1 aliphatic heterocycles. The summed E-state index contributed by atoms with van der Waals surface area (Å²) < 4.78 is 27.3. The summed E-state index contributed by atoms with van der Waals surface area (Å²) in [4.78, 5) is 24.9. The quantitative estimate of drug-likeness (QED) is 0.686. The van der Waals surface area contributed by atoms with Crippen LogP contribution in [0.1, 0.15) is 35.4 Å². The number of cyclic esters (lactones) is 1. The minimum Gasteiger partial charge on any atom is -0.493 e. The summed E-state index contributed by atoms with van der Waals surface area (Å²) >= 11 is 0. The summed E-state index contributed by atoms with van der Waals surface area (Å²) in [6, 6.07) is 12.1. The lowest BCUT2D eigenvalue weighted by molar-refractivity contribution is -0.169. The van der Waals surface area contributed by atoms with E-state index in [0.717, 1.165) is 0 Å². The van der Waals surface area contributed by atoms with E-state index in [1.54, 1.807) is 43.3 Å². The van der Waals surface area contributed by atoms with Gasteiger partial charge in [-0.15, -0.1) is 0 Å². The molecule has 0 amide bonds. The van der Waals surface area contributed by atoms with E-state index >= 15 is 0 Å². The van der Waals surface area contributed by atoms with E-state index in [2.05, 4.69) is 0 Å². The molecule has 2 aromatic rings. The van der Waals surface area contributed by atoms with E-state index in [1.807, 2.05) is 6.07 Å². The molecule has 0 spiro atoms. The van der Waals surface area contributed by atoms with E-state index < -0.39 is 30.1 Å². The Labute approximate surface area is 169 Å². The molecule has 3 atom stereocenters. The average Bonchev–Trinajstić information content (AvgIpc) is 2.76. The summed E-state index contributed by atoms with van der Waals surface area (Å²) in [5.74, 6) is -0.118. The molecule has 0 saturated carbocycles. The molecule has 0 radical (unpaired) electrons. The van der Waals surface area contributed by atoms with Crippen molar-refractivity contribution in [2.75, 3.05) is 21.3 Å². The number of ether oxygens (including phenoxy) is 5. The second-order valence-electron chi connectivity index (χ2n) is 6.72. The van der Waals surface area contributed by atoms with Gasteiger partial charge in [-0.25, -0.2) is 4.79 Å². The topological polar surface area (TPSA) is 80.3 Å². The van der Waals surface area contributed by atoms with Crippen LogP contribution in [0.2, 0.25) is 0 Å². The van der Waals surface area contributed by atoms with E-state index in [9.17, 15) is 9.59 Å². The Bertz CT molecular complexity index is 853. The second-order valence-corrected chi connectivity index (χ2v) is 6.72. The molecule has 3 unspecified atom stereocenters. The van der Waals surface area contributed by atoms with Crippen LogP contribution in [0.4, 0.5) is 0 Å². The number of carbonyl (C=O) groups is 2. The predicted octanol–water partition coefficient (Wildman–Crippen LogP) is 3.56. The fourth-order valence-corrected chi connectivity index (χ4v) is 3.28. The Kier molecular flexibility index (Phi) is 6.26. The number of hydrogen-bond donors (Lipinski definition) is 0. The van der Waals surface area contributed by atoms with Gasteiger partial charge in [0.1, 0.15) is 12.2 Å². The molecule has 3 rings (SSSR count). The maximum atomic E-state index is 12.5. The van der Waals surface area contributed by atoms with E-state index in [-0.39, 0.29) is 0 Å². The second kappa shape index (κ2) is 8.86. The number of methoxy groups -OCH3 is 3. The van der Waals surface area contributed by atoms with Crippen LogP contribution in [0.15, 0.2) is 42.5 Å². The minimum absolute atomic E-state index is 0.324. The number of carbonyl (C=O) groups excluding carboxylic acids is 2. The van der Waals surface area contributed by atoms with Gasteiger partial charge in [-0.2, -0.15) is 0 Å². The fraction of sp³-hybridized carbons (Fsp3) is 0.364. The normalized spacial score (nSPS) is 21.1. The van der Waals surface area contributed by atoms with Crippen molar-refractivity contribution in [2.45, 2.75) is 25.6 Å². The van der Waals surface area contributed by atoms with Crippen LogP contribution in [0.5, 0.6) is 17.2 Å². The Hall–Kier alpha value is -3.22. The summed E-state index contributed by atoms with van der Waals surface area (Å²) in [6.45, 7) is 1.69. The summed E-state index contributed by atoms with van der Waals surface area (Å²) in [7, 11) is 4.54. The molecule has 0 aliphatic carbocycles. The molecular weight excluding hydrogens is 376 g/mol. The first kappa shape index (κ1) is 20.5. The molecule has 29 heavy (non-hydrogen) atoms. The number of hydrogen-bond acceptors (Lipinski definition) is 7. The van der Waals surface area contributed by atoms with Crippen molar-refractivity contribution >= 4 is 11.9 Å². The monoisotopic (exact) mass is 400 g/mol. The first-order valence-corrected chi connectivity index (χ1v) is 9.24. The van der Waals surface area contributed by atoms with Crippen LogP contribution in [-0.2, 0) is 14.3 Å². The summed E-state index contributed by atoms with van der Waals surface area (Å²) in [6.07, 6.45) is -0.904. The Morgan fingerprint density at radius 1 is 1.00 bits per heavy atom. The summed E-state index contributed by atoms with van der Waals surface area (Å²) in [5.41, 5.74) is 1.10. The Morgan fingerprint density at radius 3 is 2.17 bits per heavy atom. The van der Waals surface area contributed by atoms with Crippen molar-refractivity contribution in [1.29, 1.82) is 0 Å². The van der Waals surface area contributed by atoms with Gasteiger partial charge in [0.05, 0.1) is 32.8 Å². The standard InChI is InChI=1S/C22H24O7/c1-13-16(28-22(24)14-8-6-5-7-9-14)12-17(29-21(13)23)15-10-18(25-2)20(27-4)19(11-15)26-3/h5-11,13,16-17H,12H2,1-4H3. The predicted molar refractivity (Wildman–Crippen MR) is 104 cm³/mol. The van der Waals surface area contributed by atoms with E-state index in [4.69, 9.17) is 23.7 Å². The zero-order chi connectivity index (χ0) is 21.0. The van der Waals surface area contributed by atoms with Gasteiger partial charge in [0, 0.05) is 12.0 Å². The fourth-order valence-electron chi connectivity index (χ4n) is 3.28. The van der Waals surface area contributed by atoms with E-state index in [1.165, 1.54) is 21.3 Å². The van der Waals surface area contributed by atoms with Gasteiger partial charge < -0.3 is 23.7 Å². The van der Waals surface area contributed by atoms with Crippen molar-refractivity contribution in [2.24, 2.45) is 5.92 Å². The van der Waals surface area contributed by atoms with Crippen LogP contribution >= 0.6 is 0 Å². The maximum Gasteiger partial charge on any atom is 0.338 e. The lowest BCUT2D eigenvalue weighted by atomic mass is 9.92. The van der Waals surface area contributed by atoms with Crippen LogP contribution in [0, 0.1) is 5.92 Å². The van der Waals surface area contributed by atoms with Crippen molar-refractivity contribution in [3.05, 3.63) is 53.6 Å². The highest BCUT2D eigenvalue weighted by Crippen LogP contribution is 2.43. The largest absolute Gasteiger partial charge is 0.493 e. The molecule has 2 aromatic carbocycles. The first-order chi connectivity index (χ1) is 14.0. The molecule has 1 fully saturated rings. The van der Waals surface area contributed by atoms with Crippen LogP contribution in [0.25, 0.3) is 0 Å². The molecular formula is C22H24O7. The highest BCUT2D eigenvalue weighted by Gasteiger charge is 2.39. The van der Waals surface area contributed by atoms with Crippen LogP contribution in [0.3, 0.4) is 0 Å². The third kappa shape index (κ3) is 4.29. The van der Waals surface area contributed by atoms with E-state index in [0.29, 0.717) is 34.8 Å². The molecule has 0 N–H and O–H groups in total. The molecule has 154 valence electrons. The van der Waals surface area contributed by atoms with Crippen molar-refractivity contribution in [3.8, 4) is 17.2 Å². The van der Waals surface area contributed by atoms with Crippen LogP contribution < -0.4 is 14.2 Å². The molecule has 1 heterocycles. The van der Waals surface area contributed by atoms with Gasteiger partial charge in [-0.05, 0) is 31.2 Å². The highest BCUT2D eigenvalue weighted by molar-refractivity contribution is 5.89. The van der Waals surface area contributed by atoms with Gasteiger partial charge in [0.2, 0.25) is 5.75 Å². The number of esters is 2. The minimum atomic E-state index is -0.618. The third-order valence-corrected chi connectivity index (χ3v) is 4.96. The maximum absolute atomic E-state index is 12.5. The molecule has 1 aliphatic rings. The van der Waals surface area contributed by atoms with Crippen molar-refractivity contribution < 1.29 is 33.3 Å². The Morgan fingerprint density at radius 2 is 1.62 bits per heavy atom. The van der Waals surface area contributed by atoms with Gasteiger partial charge in [-0.1, -0.05) is 18.2 Å². The molecule has 0 bridgehead atoms. The SMILES string of the molecule is COc1cc(C2CC(OC(=O)c3ccccc3)C(C)C(=O)O2)cc(OC)c1OC. The number of rotatable bonds is 6. The van der Waals surface area contributed by atoms with Crippen molar-refractivity contribution in [1.82, 2.24) is 0 Å². The number of benzene rings is 2. The lowest BCUT2D eigenvalue weighted by Crippen LogP contribution is -2.39. The average molecular weight is 400 g/mol. The zero-order valence-corrected chi connectivity index (χ0v) is 16.8. The van der Waals surface area contributed by atoms with Gasteiger partial charge in [0.25, 0.3) is 0 Å². The smallest absolute Gasteiger partial charge is 0.338 e. The lowest BCUT2D eigenvalue weighted by Gasteiger charge is -2.33. The molecule has 0 aromatic heterocycles. The van der Waals surface area contributed by atoms with Crippen molar-refractivity contribution in [3.63, 3.8) is 0 Å². The van der Waals surface area contributed by atoms with Gasteiger partial charge in [-0.3, -0.25) is 4.79 Å². The Balaban J connectivity index is 1.86. The molecule has 7 heteroatoms. The molecule has 7 nitrogen and oxygen atoms in total. The molecule has 1 saturated heterocycles.